The van der Waals surface area contributed by atoms with Gasteiger partial charge >= 0.3 is 0 Å². The fourth-order valence-electron chi connectivity index (χ4n) is 3.70. The van der Waals surface area contributed by atoms with Gasteiger partial charge in [0, 0.05) is 12.2 Å². The fraction of sp³-hybridized carbons (Fsp3) is 0.250. The number of benzene rings is 2. The molecule has 1 heterocycles. The van der Waals surface area contributed by atoms with Crippen LogP contribution in [0.25, 0.3) is 0 Å². The minimum atomic E-state index is -0.302. The number of hydrogen-bond acceptors (Lipinski definition) is 3. The number of aryl methyl sites for hydroxylation is 2. The van der Waals surface area contributed by atoms with Gasteiger partial charge in [0.15, 0.2) is 5.76 Å². The van der Waals surface area contributed by atoms with Crippen molar-refractivity contribution in [2.75, 3.05) is 5.32 Å². The number of carbonyl (C=O) groups excluding carboxylic acids is 2. The Hall–Kier alpha value is -3.34. The van der Waals surface area contributed by atoms with Crippen LogP contribution in [0.2, 0.25) is 0 Å². The SMILES string of the molecule is O=C(Cc1ccc2c(c1)CCCC2)NCc1cccc(NC(=O)c2ccco2)c1. The predicted molar refractivity (Wildman–Crippen MR) is 112 cm³/mol. The minimum absolute atomic E-state index is 0.00853. The lowest BCUT2D eigenvalue weighted by Crippen LogP contribution is -2.24. The van der Waals surface area contributed by atoms with Crippen LogP contribution in [-0.2, 0) is 30.6 Å². The van der Waals surface area contributed by atoms with Crippen LogP contribution < -0.4 is 10.6 Å². The zero-order valence-electron chi connectivity index (χ0n) is 16.2. The highest BCUT2D eigenvalue weighted by molar-refractivity contribution is 6.02. The Morgan fingerprint density at radius 3 is 2.59 bits per heavy atom. The summed E-state index contributed by atoms with van der Waals surface area (Å²) in [5.41, 5.74) is 5.45. The van der Waals surface area contributed by atoms with Crippen LogP contribution in [0.1, 0.15) is 45.7 Å². The molecule has 0 unspecified atom stereocenters. The van der Waals surface area contributed by atoms with Gasteiger partial charge in [-0.15, -0.1) is 0 Å². The molecule has 0 radical (unpaired) electrons. The molecule has 0 fully saturated rings. The molecule has 0 bridgehead atoms. The summed E-state index contributed by atoms with van der Waals surface area (Å²) < 4.78 is 5.10. The molecule has 0 spiro atoms. The number of anilines is 1. The summed E-state index contributed by atoms with van der Waals surface area (Å²) in [5.74, 6) is -0.0527. The van der Waals surface area contributed by atoms with E-state index in [0.717, 1.165) is 24.0 Å². The van der Waals surface area contributed by atoms with E-state index in [1.165, 1.54) is 30.2 Å². The Morgan fingerprint density at radius 2 is 1.76 bits per heavy atom. The van der Waals surface area contributed by atoms with E-state index < -0.39 is 0 Å². The number of rotatable bonds is 6. The van der Waals surface area contributed by atoms with Gasteiger partial charge in [-0.25, -0.2) is 0 Å². The molecule has 0 saturated heterocycles. The first-order valence-electron chi connectivity index (χ1n) is 9.98. The maximum atomic E-state index is 12.4. The molecule has 2 amide bonds. The van der Waals surface area contributed by atoms with Gasteiger partial charge in [-0.1, -0.05) is 30.3 Å². The van der Waals surface area contributed by atoms with Crippen molar-refractivity contribution in [2.24, 2.45) is 0 Å². The minimum Gasteiger partial charge on any atom is -0.459 e. The first-order chi connectivity index (χ1) is 14.2. The van der Waals surface area contributed by atoms with Crippen LogP contribution in [0, 0.1) is 0 Å². The monoisotopic (exact) mass is 388 g/mol. The Kier molecular flexibility index (Phi) is 5.75. The molecule has 1 aromatic heterocycles. The molecule has 3 aromatic rings. The molecule has 0 saturated carbocycles. The number of fused-ring (bicyclic) bond motifs is 1. The molecule has 1 aliphatic carbocycles. The third kappa shape index (κ3) is 4.93. The quantitative estimate of drug-likeness (QED) is 0.662. The summed E-state index contributed by atoms with van der Waals surface area (Å²) in [6.45, 7) is 0.411. The van der Waals surface area contributed by atoms with Gasteiger partial charge in [0.25, 0.3) is 5.91 Å². The van der Waals surface area contributed by atoms with Gasteiger partial charge in [0.05, 0.1) is 12.7 Å². The molecule has 2 N–H and O–H groups in total. The van der Waals surface area contributed by atoms with Gasteiger partial charge in [-0.3, -0.25) is 9.59 Å². The van der Waals surface area contributed by atoms with Crippen molar-refractivity contribution >= 4 is 17.5 Å². The highest BCUT2D eigenvalue weighted by atomic mass is 16.3. The lowest BCUT2D eigenvalue weighted by Gasteiger charge is -2.16. The zero-order valence-corrected chi connectivity index (χ0v) is 16.2. The Bertz CT molecular complexity index is 1010. The van der Waals surface area contributed by atoms with E-state index in [-0.39, 0.29) is 17.6 Å². The highest BCUT2D eigenvalue weighted by Crippen LogP contribution is 2.22. The van der Waals surface area contributed by atoms with Crippen molar-refractivity contribution < 1.29 is 14.0 Å². The average molecular weight is 388 g/mol. The van der Waals surface area contributed by atoms with E-state index in [0.29, 0.717) is 18.7 Å². The molecule has 29 heavy (non-hydrogen) atoms. The topological polar surface area (TPSA) is 71.3 Å². The summed E-state index contributed by atoms with van der Waals surface area (Å²) in [6, 6.07) is 17.1. The van der Waals surface area contributed by atoms with E-state index in [9.17, 15) is 9.59 Å². The van der Waals surface area contributed by atoms with Crippen molar-refractivity contribution in [3.8, 4) is 0 Å². The van der Waals surface area contributed by atoms with Crippen molar-refractivity contribution in [1.29, 1.82) is 0 Å². The fourth-order valence-corrected chi connectivity index (χ4v) is 3.70. The van der Waals surface area contributed by atoms with E-state index in [2.05, 4.69) is 28.8 Å². The molecule has 148 valence electrons. The molecule has 1 aliphatic rings. The average Bonchev–Trinajstić information content (AvgIpc) is 3.28. The second kappa shape index (κ2) is 8.78. The summed E-state index contributed by atoms with van der Waals surface area (Å²) in [7, 11) is 0. The molecule has 4 rings (SSSR count). The van der Waals surface area contributed by atoms with Crippen molar-refractivity contribution in [3.05, 3.63) is 88.9 Å². The van der Waals surface area contributed by atoms with E-state index in [4.69, 9.17) is 4.42 Å². The third-order valence-electron chi connectivity index (χ3n) is 5.20. The molecular weight excluding hydrogens is 364 g/mol. The molecule has 0 aliphatic heterocycles. The number of carbonyl (C=O) groups is 2. The maximum Gasteiger partial charge on any atom is 0.291 e. The Balaban J connectivity index is 1.32. The van der Waals surface area contributed by atoms with Crippen molar-refractivity contribution in [3.63, 3.8) is 0 Å². The van der Waals surface area contributed by atoms with Crippen LogP contribution in [0.5, 0.6) is 0 Å². The van der Waals surface area contributed by atoms with Gasteiger partial charge < -0.3 is 15.1 Å². The molecule has 0 atom stereocenters. The van der Waals surface area contributed by atoms with Crippen LogP contribution in [-0.4, -0.2) is 11.8 Å². The van der Waals surface area contributed by atoms with Crippen LogP contribution >= 0.6 is 0 Å². The smallest absolute Gasteiger partial charge is 0.291 e. The van der Waals surface area contributed by atoms with Crippen LogP contribution in [0.4, 0.5) is 5.69 Å². The van der Waals surface area contributed by atoms with Gasteiger partial charge in [-0.2, -0.15) is 0 Å². The van der Waals surface area contributed by atoms with Gasteiger partial charge in [0.1, 0.15) is 0 Å². The summed E-state index contributed by atoms with van der Waals surface area (Å²) in [5, 5.41) is 5.76. The van der Waals surface area contributed by atoms with E-state index in [1.807, 2.05) is 18.2 Å². The van der Waals surface area contributed by atoms with Crippen LogP contribution in [0.15, 0.2) is 65.3 Å². The van der Waals surface area contributed by atoms with E-state index >= 15 is 0 Å². The molecular formula is C24H24N2O3. The van der Waals surface area contributed by atoms with Crippen molar-refractivity contribution in [2.45, 2.75) is 38.6 Å². The zero-order chi connectivity index (χ0) is 20.1. The highest BCUT2D eigenvalue weighted by Gasteiger charge is 2.12. The van der Waals surface area contributed by atoms with E-state index in [1.54, 1.807) is 18.2 Å². The molecule has 5 nitrogen and oxygen atoms in total. The molecule has 5 heteroatoms. The van der Waals surface area contributed by atoms with Gasteiger partial charge in [-0.05, 0) is 72.2 Å². The second-order valence-corrected chi connectivity index (χ2v) is 7.40. The van der Waals surface area contributed by atoms with Gasteiger partial charge in [0.2, 0.25) is 5.91 Å². The number of amides is 2. The summed E-state index contributed by atoms with van der Waals surface area (Å²) in [6.07, 6.45) is 6.59. The predicted octanol–water partition coefficient (Wildman–Crippen LogP) is 4.27. The number of furan rings is 1. The lowest BCUT2D eigenvalue weighted by atomic mass is 9.90. The second-order valence-electron chi connectivity index (χ2n) is 7.40. The number of hydrogen-bond donors (Lipinski definition) is 2. The van der Waals surface area contributed by atoms with Crippen molar-refractivity contribution in [1.82, 2.24) is 5.32 Å². The maximum absolute atomic E-state index is 12.4. The normalized spacial score (nSPS) is 12.8. The van der Waals surface area contributed by atoms with Crippen LogP contribution in [0.3, 0.4) is 0 Å². The third-order valence-corrected chi connectivity index (χ3v) is 5.20. The molecule has 2 aromatic carbocycles. The largest absolute Gasteiger partial charge is 0.459 e. The number of nitrogens with one attached hydrogen (secondary N) is 2. The first kappa shape index (κ1) is 19.0. The Labute approximate surface area is 170 Å². The Morgan fingerprint density at radius 1 is 0.897 bits per heavy atom. The first-order valence-corrected chi connectivity index (χ1v) is 9.98. The standard InChI is InChI=1S/C24H24N2O3/c27-23(15-17-10-11-19-6-1-2-7-20(19)13-17)25-16-18-5-3-8-21(14-18)26-24(28)22-9-4-12-29-22/h3-5,8-14H,1-2,6-7,15-16H2,(H,25,27)(H,26,28). The summed E-state index contributed by atoms with van der Waals surface area (Å²) in [4.78, 5) is 24.5. The lowest BCUT2D eigenvalue weighted by molar-refractivity contribution is -0.120. The summed E-state index contributed by atoms with van der Waals surface area (Å²) >= 11 is 0.